The van der Waals surface area contributed by atoms with E-state index in [1.54, 1.807) is 24.5 Å². The third-order valence-corrected chi connectivity index (χ3v) is 5.49. The summed E-state index contributed by atoms with van der Waals surface area (Å²) in [4.78, 5) is 15.0. The molecule has 2 amide bonds. The number of aromatic nitrogens is 1. The summed E-state index contributed by atoms with van der Waals surface area (Å²) in [7, 11) is -4.48. The molecule has 162 valence electrons. The number of benzene rings is 2. The minimum Gasteiger partial charge on any atom is -0.334 e. The Hall–Kier alpha value is -3.60. The molecule has 0 aliphatic carbocycles. The van der Waals surface area contributed by atoms with Gasteiger partial charge in [-0.25, -0.2) is 13.2 Å². The molecule has 7 nitrogen and oxygen atoms in total. The van der Waals surface area contributed by atoms with E-state index >= 15 is 0 Å². The van der Waals surface area contributed by atoms with Crippen LogP contribution in [0.25, 0.3) is 0 Å². The van der Waals surface area contributed by atoms with Crippen LogP contribution in [0, 0.1) is 0 Å². The van der Waals surface area contributed by atoms with E-state index in [1.165, 1.54) is 30.3 Å². The number of hydrogen-bond acceptors (Lipinski definition) is 4. The van der Waals surface area contributed by atoms with E-state index in [0.29, 0.717) is 11.8 Å². The summed E-state index contributed by atoms with van der Waals surface area (Å²) in [6, 6.07) is 12.4. The lowest BCUT2D eigenvalue weighted by Crippen LogP contribution is -2.28. The summed E-state index contributed by atoms with van der Waals surface area (Å²) in [6.45, 7) is 0.260. The molecule has 0 aliphatic rings. The number of sulfonamides is 1. The van der Waals surface area contributed by atoms with Crippen LogP contribution in [-0.2, 0) is 22.7 Å². The maximum Gasteiger partial charge on any atom is 0.417 e. The van der Waals surface area contributed by atoms with E-state index in [1.807, 2.05) is 0 Å². The van der Waals surface area contributed by atoms with Gasteiger partial charge in [-0.3, -0.25) is 9.71 Å². The van der Waals surface area contributed by atoms with Gasteiger partial charge in [0.2, 0.25) is 0 Å². The summed E-state index contributed by atoms with van der Waals surface area (Å²) >= 11 is 0. The Balaban J connectivity index is 1.65. The molecule has 0 bridgehead atoms. The number of pyridine rings is 1. The van der Waals surface area contributed by atoms with E-state index in [2.05, 4.69) is 20.3 Å². The topological polar surface area (TPSA) is 100 Å². The smallest absolute Gasteiger partial charge is 0.334 e. The molecule has 3 N–H and O–H groups in total. The normalized spacial score (nSPS) is 11.6. The van der Waals surface area contributed by atoms with Crippen molar-refractivity contribution >= 4 is 27.4 Å². The molecule has 0 unspecified atom stereocenters. The van der Waals surface area contributed by atoms with Crippen LogP contribution in [0.15, 0.2) is 78.0 Å². The van der Waals surface area contributed by atoms with Crippen molar-refractivity contribution in [3.05, 3.63) is 84.2 Å². The number of halogens is 3. The fourth-order valence-corrected chi connectivity index (χ4v) is 3.91. The number of nitrogens with zero attached hydrogens (tertiary/aromatic N) is 1. The summed E-state index contributed by atoms with van der Waals surface area (Å²) in [6.07, 6.45) is -1.60. The van der Waals surface area contributed by atoms with Crippen molar-refractivity contribution in [1.29, 1.82) is 0 Å². The summed E-state index contributed by atoms with van der Waals surface area (Å²) < 4.78 is 66.4. The molecule has 0 saturated carbocycles. The molecule has 1 heterocycles. The van der Waals surface area contributed by atoms with Crippen LogP contribution in [0.5, 0.6) is 0 Å². The molecular weight excluding hydrogens is 433 g/mol. The van der Waals surface area contributed by atoms with Gasteiger partial charge < -0.3 is 10.6 Å². The van der Waals surface area contributed by atoms with Crippen molar-refractivity contribution < 1.29 is 26.4 Å². The number of alkyl halides is 3. The van der Waals surface area contributed by atoms with Crippen molar-refractivity contribution in [2.45, 2.75) is 17.6 Å². The Labute approximate surface area is 176 Å². The van der Waals surface area contributed by atoms with Gasteiger partial charge in [0.05, 0.1) is 10.5 Å². The third-order valence-electron chi connectivity index (χ3n) is 4.05. The molecule has 0 radical (unpaired) electrons. The standard InChI is InChI=1S/C20H17F3N4O3S/c21-20(22,23)17-5-1-2-6-18(17)31(29,30)27-16-9-7-15(8-10-16)26-19(28)25-13-14-4-3-11-24-12-14/h1-12,27H,13H2,(H2,25,26,28). The molecule has 0 spiro atoms. The SMILES string of the molecule is O=C(NCc1cccnc1)Nc1ccc(NS(=O)(=O)c2ccccc2C(F)(F)F)cc1. The van der Waals surface area contributed by atoms with Crippen LogP contribution in [0.3, 0.4) is 0 Å². The van der Waals surface area contributed by atoms with Gasteiger partial charge in [0.1, 0.15) is 0 Å². The quantitative estimate of drug-likeness (QED) is 0.523. The first-order valence-electron chi connectivity index (χ1n) is 8.88. The van der Waals surface area contributed by atoms with Gasteiger partial charge in [-0.15, -0.1) is 0 Å². The van der Waals surface area contributed by atoms with Gasteiger partial charge in [-0.05, 0) is 48.0 Å². The second-order valence-electron chi connectivity index (χ2n) is 6.35. The zero-order valence-electron chi connectivity index (χ0n) is 15.8. The van der Waals surface area contributed by atoms with Gasteiger partial charge in [-0.2, -0.15) is 13.2 Å². The summed E-state index contributed by atoms with van der Waals surface area (Å²) in [5.74, 6) is 0. The molecule has 3 rings (SSSR count). The monoisotopic (exact) mass is 450 g/mol. The lowest BCUT2D eigenvalue weighted by Gasteiger charge is -2.14. The molecule has 2 aromatic carbocycles. The van der Waals surface area contributed by atoms with E-state index in [0.717, 1.165) is 17.7 Å². The van der Waals surface area contributed by atoms with Gasteiger partial charge in [-0.1, -0.05) is 18.2 Å². The van der Waals surface area contributed by atoms with Crippen molar-refractivity contribution in [2.75, 3.05) is 10.0 Å². The van der Waals surface area contributed by atoms with Crippen LogP contribution in [0.4, 0.5) is 29.3 Å². The van der Waals surface area contributed by atoms with E-state index < -0.39 is 32.7 Å². The third kappa shape index (κ3) is 5.95. The van der Waals surface area contributed by atoms with Crippen molar-refractivity contribution in [3.63, 3.8) is 0 Å². The first-order chi connectivity index (χ1) is 14.6. The minimum atomic E-state index is -4.82. The predicted octanol–water partition coefficient (Wildman–Crippen LogP) is 4.22. The number of urea groups is 1. The van der Waals surface area contributed by atoms with Crippen LogP contribution in [0.1, 0.15) is 11.1 Å². The Bertz CT molecular complexity index is 1150. The lowest BCUT2D eigenvalue weighted by atomic mass is 10.2. The van der Waals surface area contributed by atoms with Crippen LogP contribution < -0.4 is 15.4 Å². The number of nitrogens with one attached hydrogen (secondary N) is 3. The number of carbonyl (C=O) groups excluding carboxylic acids is 1. The van der Waals surface area contributed by atoms with E-state index in [9.17, 15) is 26.4 Å². The fourth-order valence-electron chi connectivity index (χ4n) is 2.63. The second-order valence-corrected chi connectivity index (χ2v) is 8.00. The highest BCUT2D eigenvalue weighted by Gasteiger charge is 2.36. The summed E-state index contributed by atoms with van der Waals surface area (Å²) in [5.41, 5.74) is -0.0479. The van der Waals surface area contributed by atoms with Gasteiger partial charge in [0.15, 0.2) is 0 Å². The number of amides is 2. The van der Waals surface area contributed by atoms with Gasteiger partial charge >= 0.3 is 12.2 Å². The lowest BCUT2D eigenvalue weighted by molar-refractivity contribution is -0.139. The molecule has 0 saturated heterocycles. The predicted molar refractivity (Wildman–Crippen MR) is 109 cm³/mol. The summed E-state index contributed by atoms with van der Waals surface area (Å²) in [5, 5.41) is 5.20. The highest BCUT2D eigenvalue weighted by molar-refractivity contribution is 7.92. The van der Waals surface area contributed by atoms with Crippen LogP contribution in [0.2, 0.25) is 0 Å². The van der Waals surface area contributed by atoms with E-state index in [4.69, 9.17) is 0 Å². The molecular formula is C20H17F3N4O3S. The Kier molecular flexibility index (Phi) is 6.44. The first-order valence-corrected chi connectivity index (χ1v) is 10.4. The first kappa shape index (κ1) is 22.1. The van der Waals surface area contributed by atoms with Crippen molar-refractivity contribution in [1.82, 2.24) is 10.3 Å². The van der Waals surface area contributed by atoms with Crippen molar-refractivity contribution in [2.24, 2.45) is 0 Å². The molecule has 1 aromatic heterocycles. The second kappa shape index (κ2) is 9.04. The van der Waals surface area contributed by atoms with Crippen LogP contribution >= 0.6 is 0 Å². The maximum absolute atomic E-state index is 13.1. The van der Waals surface area contributed by atoms with E-state index in [-0.39, 0.29) is 12.2 Å². The minimum absolute atomic E-state index is 0.0401. The molecule has 0 fully saturated rings. The molecule has 0 atom stereocenters. The molecule has 3 aromatic rings. The maximum atomic E-state index is 13.1. The van der Waals surface area contributed by atoms with Gasteiger partial charge in [0, 0.05) is 30.3 Å². The van der Waals surface area contributed by atoms with Crippen molar-refractivity contribution in [3.8, 4) is 0 Å². The fraction of sp³-hybridized carbons (Fsp3) is 0.100. The molecule has 31 heavy (non-hydrogen) atoms. The number of hydrogen-bond donors (Lipinski definition) is 3. The average Bonchev–Trinajstić information content (AvgIpc) is 2.74. The Morgan fingerprint density at radius 3 is 2.26 bits per heavy atom. The number of carbonyl (C=O) groups is 1. The van der Waals surface area contributed by atoms with Crippen LogP contribution in [-0.4, -0.2) is 19.4 Å². The number of anilines is 2. The van der Waals surface area contributed by atoms with Gasteiger partial charge in [0.25, 0.3) is 10.0 Å². The average molecular weight is 450 g/mol. The Morgan fingerprint density at radius 2 is 1.61 bits per heavy atom. The largest absolute Gasteiger partial charge is 0.417 e. The Morgan fingerprint density at radius 1 is 0.935 bits per heavy atom. The molecule has 11 heteroatoms. The highest BCUT2D eigenvalue weighted by atomic mass is 32.2. The zero-order chi connectivity index (χ0) is 22.5. The molecule has 0 aliphatic heterocycles. The zero-order valence-corrected chi connectivity index (χ0v) is 16.7. The number of rotatable bonds is 6. The highest BCUT2D eigenvalue weighted by Crippen LogP contribution is 2.34.